The summed E-state index contributed by atoms with van der Waals surface area (Å²) in [5, 5.41) is 4.08. The predicted octanol–water partition coefficient (Wildman–Crippen LogP) is 4.46. The van der Waals surface area contributed by atoms with E-state index in [0.717, 1.165) is 5.69 Å². The molecule has 0 aliphatic carbocycles. The molecule has 0 saturated carbocycles. The minimum absolute atomic E-state index is 1.09. The van der Waals surface area contributed by atoms with Crippen LogP contribution in [0.25, 0.3) is 11.3 Å². The summed E-state index contributed by atoms with van der Waals surface area (Å²) in [6.45, 7) is 7.08. The Morgan fingerprint density at radius 3 is 1.95 bits per heavy atom. The minimum atomic E-state index is -1.83. The van der Waals surface area contributed by atoms with Gasteiger partial charge in [0.25, 0.3) is 0 Å². The van der Waals surface area contributed by atoms with E-state index in [4.69, 9.17) is 4.98 Å². The van der Waals surface area contributed by atoms with E-state index in [1.54, 1.807) is 4.40 Å². The second-order valence-electron chi connectivity index (χ2n) is 5.14. The Hall–Kier alpha value is -1.09. The third kappa shape index (κ3) is 2.92. The van der Waals surface area contributed by atoms with Gasteiger partial charge in [0, 0.05) is 0 Å². The van der Waals surface area contributed by atoms with Crippen LogP contribution in [-0.2, 0) is 0 Å². The number of hydrogen-bond donors (Lipinski definition) is 0. The fourth-order valence-corrected chi connectivity index (χ4v) is 10.2. The number of hydrogen-bond acceptors (Lipinski definition) is 1. The van der Waals surface area contributed by atoms with Gasteiger partial charge in [-0.05, 0) is 0 Å². The summed E-state index contributed by atoms with van der Waals surface area (Å²) < 4.78 is 1.56. The molecule has 2 aromatic rings. The monoisotopic (exact) mass is 315 g/mol. The average molecular weight is 314 g/mol. The Kier molecular flexibility index (Phi) is 4.81. The van der Waals surface area contributed by atoms with Gasteiger partial charge in [-0.2, -0.15) is 0 Å². The molecule has 100 valence electrons. The molecule has 0 fully saturated rings. The standard InChI is InChI=1S/C17H23GeN/c1-4-18(5-2,6-3)16-12-13-17(19-14-16)15-10-8-7-9-11-15/h7-14H,4-6H2,1-3H3. The molecule has 1 nitrogen and oxygen atoms in total. The molecule has 1 heterocycles. The zero-order valence-electron chi connectivity index (χ0n) is 12.2. The van der Waals surface area contributed by atoms with Crippen molar-refractivity contribution in [3.05, 3.63) is 48.7 Å². The fourth-order valence-electron chi connectivity index (χ4n) is 2.85. The van der Waals surface area contributed by atoms with E-state index < -0.39 is 13.3 Å². The van der Waals surface area contributed by atoms with Gasteiger partial charge in [0.2, 0.25) is 0 Å². The first-order valence-corrected chi connectivity index (χ1v) is 12.8. The van der Waals surface area contributed by atoms with Crippen molar-refractivity contribution in [2.75, 3.05) is 0 Å². The van der Waals surface area contributed by atoms with Crippen molar-refractivity contribution in [3.8, 4) is 11.3 Å². The zero-order chi connectivity index (χ0) is 13.7. The first-order valence-electron chi connectivity index (χ1n) is 7.27. The third-order valence-corrected chi connectivity index (χ3v) is 16.2. The SMILES string of the molecule is C[CH2][Ge]([CH2]C)([CH2]C)[c]1ccc(-c2ccccc2)nc1. The summed E-state index contributed by atoms with van der Waals surface area (Å²) in [5.41, 5.74) is 2.29. The molecule has 0 radical (unpaired) electrons. The molecule has 0 unspecified atom stereocenters. The van der Waals surface area contributed by atoms with Crippen LogP contribution in [0.4, 0.5) is 0 Å². The molecule has 2 rings (SSSR count). The number of nitrogens with zero attached hydrogens (tertiary/aromatic N) is 1. The second-order valence-corrected chi connectivity index (χ2v) is 16.2. The predicted molar refractivity (Wildman–Crippen MR) is 86.5 cm³/mol. The van der Waals surface area contributed by atoms with E-state index in [1.165, 1.54) is 21.3 Å². The van der Waals surface area contributed by atoms with Crippen molar-refractivity contribution in [3.63, 3.8) is 0 Å². The Balaban J connectivity index is 2.33. The van der Waals surface area contributed by atoms with Crippen molar-refractivity contribution in [1.82, 2.24) is 4.98 Å². The van der Waals surface area contributed by atoms with Crippen molar-refractivity contribution in [1.29, 1.82) is 0 Å². The molecule has 1 aromatic heterocycles. The summed E-state index contributed by atoms with van der Waals surface area (Å²) in [6, 6.07) is 15.0. The molecule has 1 aromatic carbocycles. The van der Waals surface area contributed by atoms with Crippen LogP contribution < -0.4 is 4.40 Å². The van der Waals surface area contributed by atoms with Gasteiger partial charge in [-0.15, -0.1) is 0 Å². The van der Waals surface area contributed by atoms with Crippen molar-refractivity contribution in [2.45, 2.75) is 36.5 Å². The van der Waals surface area contributed by atoms with E-state index in [2.05, 4.69) is 63.4 Å². The van der Waals surface area contributed by atoms with Gasteiger partial charge in [0.1, 0.15) is 0 Å². The van der Waals surface area contributed by atoms with Crippen LogP contribution in [0, 0.1) is 0 Å². The van der Waals surface area contributed by atoms with Crippen molar-refractivity contribution >= 4 is 17.7 Å². The third-order valence-electron chi connectivity index (χ3n) is 4.48. The molecular formula is C17H23GeN. The first-order chi connectivity index (χ1) is 9.25. The quantitative estimate of drug-likeness (QED) is 0.742. The molecule has 0 amide bonds. The van der Waals surface area contributed by atoms with Gasteiger partial charge >= 0.3 is 119 Å². The van der Waals surface area contributed by atoms with Crippen LogP contribution in [0.2, 0.25) is 15.8 Å². The summed E-state index contributed by atoms with van der Waals surface area (Å²) in [5.74, 6) is 0. The number of rotatable bonds is 5. The van der Waals surface area contributed by atoms with E-state index in [0.29, 0.717) is 0 Å². The van der Waals surface area contributed by atoms with Crippen LogP contribution in [-0.4, -0.2) is 18.3 Å². The Morgan fingerprint density at radius 2 is 1.47 bits per heavy atom. The van der Waals surface area contributed by atoms with Gasteiger partial charge in [0.15, 0.2) is 0 Å². The van der Waals surface area contributed by atoms with Crippen LogP contribution in [0.5, 0.6) is 0 Å². The number of aromatic nitrogens is 1. The summed E-state index contributed by atoms with van der Waals surface area (Å²) >= 11 is -1.83. The van der Waals surface area contributed by atoms with Gasteiger partial charge in [-0.3, -0.25) is 0 Å². The maximum atomic E-state index is 4.71. The molecule has 0 saturated heterocycles. The first kappa shape index (κ1) is 14.3. The molecule has 0 N–H and O–H groups in total. The van der Waals surface area contributed by atoms with E-state index in [9.17, 15) is 0 Å². The van der Waals surface area contributed by atoms with Crippen LogP contribution in [0.3, 0.4) is 0 Å². The Bertz CT molecular complexity index is 492. The normalized spacial score (nSPS) is 11.5. The topological polar surface area (TPSA) is 12.9 Å². The number of benzene rings is 1. The van der Waals surface area contributed by atoms with E-state index >= 15 is 0 Å². The average Bonchev–Trinajstić information content (AvgIpc) is 2.51. The molecule has 0 aliphatic rings. The molecule has 0 bridgehead atoms. The van der Waals surface area contributed by atoms with Gasteiger partial charge in [-0.25, -0.2) is 0 Å². The molecule has 19 heavy (non-hydrogen) atoms. The summed E-state index contributed by atoms with van der Waals surface area (Å²) in [4.78, 5) is 4.71. The van der Waals surface area contributed by atoms with Crippen molar-refractivity contribution in [2.24, 2.45) is 0 Å². The van der Waals surface area contributed by atoms with E-state index in [1.807, 2.05) is 6.07 Å². The summed E-state index contributed by atoms with van der Waals surface area (Å²) in [6.07, 6.45) is 2.15. The van der Waals surface area contributed by atoms with Crippen molar-refractivity contribution < 1.29 is 0 Å². The molecular weight excluding hydrogens is 291 g/mol. The molecule has 0 atom stereocenters. The molecule has 0 aliphatic heterocycles. The number of pyridine rings is 1. The van der Waals surface area contributed by atoms with E-state index in [-0.39, 0.29) is 0 Å². The Morgan fingerprint density at radius 1 is 0.842 bits per heavy atom. The van der Waals surface area contributed by atoms with Gasteiger partial charge in [0.05, 0.1) is 0 Å². The van der Waals surface area contributed by atoms with Crippen LogP contribution in [0.15, 0.2) is 48.7 Å². The van der Waals surface area contributed by atoms with Crippen LogP contribution >= 0.6 is 0 Å². The van der Waals surface area contributed by atoms with Crippen LogP contribution in [0.1, 0.15) is 20.8 Å². The molecule has 2 heteroatoms. The molecule has 0 spiro atoms. The maximum absolute atomic E-state index is 4.71. The zero-order valence-corrected chi connectivity index (χ0v) is 14.3. The van der Waals surface area contributed by atoms with Gasteiger partial charge in [-0.1, -0.05) is 0 Å². The second kappa shape index (κ2) is 6.38. The fraction of sp³-hybridized carbons (Fsp3) is 0.353. The Labute approximate surface area is 119 Å². The summed E-state index contributed by atoms with van der Waals surface area (Å²) in [7, 11) is 0. The van der Waals surface area contributed by atoms with Gasteiger partial charge < -0.3 is 0 Å².